The molecule has 21 heavy (non-hydrogen) atoms. The maximum absolute atomic E-state index is 13.6. The second kappa shape index (κ2) is 6.49. The van der Waals surface area contributed by atoms with Gasteiger partial charge in [0.2, 0.25) is 0 Å². The second-order valence-corrected chi connectivity index (χ2v) is 4.66. The molecule has 0 N–H and O–H groups in total. The summed E-state index contributed by atoms with van der Waals surface area (Å²) in [7, 11) is 0. The van der Waals surface area contributed by atoms with E-state index in [0.29, 0.717) is 10.8 Å². The quantitative estimate of drug-likeness (QED) is 0.505. The maximum Gasteiger partial charge on any atom is 0.166 e. The Labute approximate surface area is 124 Å². The fourth-order valence-electron chi connectivity index (χ4n) is 2.19. The van der Waals surface area contributed by atoms with Gasteiger partial charge in [-0.3, -0.25) is 0 Å². The molecular weight excluding hydrogens is 266 g/mol. The molecule has 0 aliphatic rings. The van der Waals surface area contributed by atoms with Gasteiger partial charge in [-0.15, -0.1) is 0 Å². The van der Waals surface area contributed by atoms with Gasteiger partial charge in [0.15, 0.2) is 11.6 Å². The van der Waals surface area contributed by atoms with Gasteiger partial charge in [0, 0.05) is 5.39 Å². The van der Waals surface area contributed by atoms with Gasteiger partial charge in [-0.2, -0.15) is 0 Å². The molecule has 0 radical (unpaired) electrons. The zero-order chi connectivity index (χ0) is 15.4. The first kappa shape index (κ1) is 15.2. The van der Waals surface area contributed by atoms with E-state index in [9.17, 15) is 8.78 Å². The Balaban J connectivity index is 0.000000774. The SMILES string of the molecule is CC.Cc1ccc(-c2ccc3c(F)c(F)ccc3c2)cc1. The van der Waals surface area contributed by atoms with Crippen molar-refractivity contribution in [2.75, 3.05) is 0 Å². The molecule has 0 saturated heterocycles. The van der Waals surface area contributed by atoms with E-state index < -0.39 is 11.6 Å². The molecule has 2 heteroatoms. The summed E-state index contributed by atoms with van der Waals surface area (Å²) in [6.07, 6.45) is 0. The molecular formula is C19H18F2. The summed E-state index contributed by atoms with van der Waals surface area (Å²) in [5, 5.41) is 1.02. The Morgan fingerprint density at radius 2 is 1.33 bits per heavy atom. The zero-order valence-electron chi connectivity index (χ0n) is 12.5. The topological polar surface area (TPSA) is 0 Å². The standard InChI is InChI=1S/C17H12F2.C2H6/c1-11-2-4-12(5-3-11)13-6-8-15-14(10-13)7-9-16(18)17(15)19;1-2/h2-10H,1H3;1-2H3. The first-order valence-electron chi connectivity index (χ1n) is 7.10. The molecule has 0 spiro atoms. The Bertz CT molecular complexity index is 743. The van der Waals surface area contributed by atoms with E-state index in [1.54, 1.807) is 12.1 Å². The van der Waals surface area contributed by atoms with E-state index in [1.165, 1.54) is 5.56 Å². The molecule has 0 heterocycles. The molecule has 0 amide bonds. The van der Waals surface area contributed by atoms with Crippen molar-refractivity contribution in [3.8, 4) is 11.1 Å². The zero-order valence-corrected chi connectivity index (χ0v) is 12.5. The Morgan fingerprint density at radius 1 is 0.714 bits per heavy atom. The average Bonchev–Trinajstić information content (AvgIpc) is 2.53. The highest BCUT2D eigenvalue weighted by atomic mass is 19.2. The molecule has 3 rings (SSSR count). The lowest BCUT2D eigenvalue weighted by Crippen LogP contribution is -1.87. The van der Waals surface area contributed by atoms with E-state index in [4.69, 9.17) is 0 Å². The normalized spacial score (nSPS) is 10.1. The maximum atomic E-state index is 13.6. The first-order valence-corrected chi connectivity index (χ1v) is 7.10. The van der Waals surface area contributed by atoms with Crippen LogP contribution in [0.15, 0.2) is 54.6 Å². The molecule has 0 nitrogen and oxygen atoms in total. The number of halogens is 2. The molecule has 0 atom stereocenters. The van der Waals surface area contributed by atoms with Gasteiger partial charge < -0.3 is 0 Å². The highest BCUT2D eigenvalue weighted by molar-refractivity contribution is 5.87. The molecule has 0 saturated carbocycles. The summed E-state index contributed by atoms with van der Waals surface area (Å²) >= 11 is 0. The van der Waals surface area contributed by atoms with Crippen molar-refractivity contribution in [2.24, 2.45) is 0 Å². The van der Waals surface area contributed by atoms with E-state index in [1.807, 2.05) is 57.2 Å². The molecule has 0 aliphatic heterocycles. The van der Waals surface area contributed by atoms with Gasteiger partial charge in [0.05, 0.1) is 0 Å². The van der Waals surface area contributed by atoms with Gasteiger partial charge in [0.1, 0.15) is 0 Å². The number of rotatable bonds is 1. The van der Waals surface area contributed by atoms with Crippen LogP contribution in [0.2, 0.25) is 0 Å². The fraction of sp³-hybridized carbons (Fsp3) is 0.158. The van der Waals surface area contributed by atoms with Gasteiger partial charge in [-0.05, 0) is 35.6 Å². The minimum absolute atomic E-state index is 0.316. The van der Waals surface area contributed by atoms with Gasteiger partial charge in [-0.25, -0.2) is 8.78 Å². The van der Waals surface area contributed by atoms with E-state index >= 15 is 0 Å². The fourth-order valence-corrected chi connectivity index (χ4v) is 2.19. The minimum Gasteiger partial charge on any atom is -0.204 e. The van der Waals surface area contributed by atoms with E-state index in [0.717, 1.165) is 17.2 Å². The molecule has 108 valence electrons. The summed E-state index contributed by atoms with van der Waals surface area (Å²) < 4.78 is 26.8. The lowest BCUT2D eigenvalue weighted by atomic mass is 10.0. The molecule has 0 unspecified atom stereocenters. The van der Waals surface area contributed by atoms with Crippen molar-refractivity contribution in [3.63, 3.8) is 0 Å². The van der Waals surface area contributed by atoms with Crippen LogP contribution in [-0.4, -0.2) is 0 Å². The molecule has 0 aliphatic carbocycles. The Hall–Kier alpha value is -2.22. The third kappa shape index (κ3) is 3.10. The molecule has 3 aromatic rings. The average molecular weight is 284 g/mol. The third-order valence-corrected chi connectivity index (χ3v) is 3.29. The molecule has 0 bridgehead atoms. The highest BCUT2D eigenvalue weighted by Gasteiger charge is 2.07. The van der Waals surface area contributed by atoms with Crippen molar-refractivity contribution in [3.05, 3.63) is 71.8 Å². The third-order valence-electron chi connectivity index (χ3n) is 3.29. The van der Waals surface area contributed by atoms with Crippen molar-refractivity contribution in [1.82, 2.24) is 0 Å². The van der Waals surface area contributed by atoms with Crippen molar-refractivity contribution in [1.29, 1.82) is 0 Å². The second-order valence-electron chi connectivity index (χ2n) is 4.66. The van der Waals surface area contributed by atoms with Crippen LogP contribution < -0.4 is 0 Å². The summed E-state index contributed by atoms with van der Waals surface area (Å²) in [5.74, 6) is -1.59. The van der Waals surface area contributed by atoms with Crippen LogP contribution >= 0.6 is 0 Å². The largest absolute Gasteiger partial charge is 0.204 e. The van der Waals surface area contributed by atoms with E-state index in [-0.39, 0.29) is 0 Å². The summed E-state index contributed by atoms with van der Waals surface area (Å²) in [6.45, 7) is 6.03. The van der Waals surface area contributed by atoms with Gasteiger partial charge in [-0.1, -0.05) is 61.9 Å². The predicted molar refractivity (Wildman–Crippen MR) is 85.4 cm³/mol. The van der Waals surface area contributed by atoms with Crippen LogP contribution in [0.25, 0.3) is 21.9 Å². The van der Waals surface area contributed by atoms with Crippen LogP contribution in [0.5, 0.6) is 0 Å². The van der Waals surface area contributed by atoms with Crippen molar-refractivity contribution >= 4 is 10.8 Å². The van der Waals surface area contributed by atoms with Crippen molar-refractivity contribution < 1.29 is 8.78 Å². The van der Waals surface area contributed by atoms with Gasteiger partial charge in [0.25, 0.3) is 0 Å². The first-order chi connectivity index (χ1) is 10.1. The van der Waals surface area contributed by atoms with Crippen LogP contribution in [0.3, 0.4) is 0 Å². The Morgan fingerprint density at radius 3 is 2.00 bits per heavy atom. The Kier molecular flexibility index (Phi) is 4.69. The molecule has 0 fully saturated rings. The van der Waals surface area contributed by atoms with Crippen LogP contribution in [0.4, 0.5) is 8.78 Å². The van der Waals surface area contributed by atoms with Crippen LogP contribution in [-0.2, 0) is 0 Å². The van der Waals surface area contributed by atoms with E-state index in [2.05, 4.69) is 0 Å². The number of hydrogen-bond donors (Lipinski definition) is 0. The lowest BCUT2D eigenvalue weighted by molar-refractivity contribution is 0.517. The van der Waals surface area contributed by atoms with Gasteiger partial charge >= 0.3 is 0 Å². The number of fused-ring (bicyclic) bond motifs is 1. The summed E-state index contributed by atoms with van der Waals surface area (Å²) in [4.78, 5) is 0. The number of aryl methyl sites for hydroxylation is 1. The highest BCUT2D eigenvalue weighted by Crippen LogP contribution is 2.27. The number of hydrogen-bond acceptors (Lipinski definition) is 0. The van der Waals surface area contributed by atoms with Crippen LogP contribution in [0, 0.1) is 18.6 Å². The molecule has 3 aromatic carbocycles. The van der Waals surface area contributed by atoms with Crippen LogP contribution in [0.1, 0.15) is 19.4 Å². The number of benzene rings is 3. The summed E-state index contributed by atoms with van der Waals surface area (Å²) in [6, 6.07) is 16.2. The minimum atomic E-state index is -0.810. The predicted octanol–water partition coefficient (Wildman–Crippen LogP) is 6.12. The summed E-state index contributed by atoms with van der Waals surface area (Å²) in [5.41, 5.74) is 3.26. The lowest BCUT2D eigenvalue weighted by Gasteiger charge is -2.06. The molecule has 0 aromatic heterocycles. The monoisotopic (exact) mass is 284 g/mol. The van der Waals surface area contributed by atoms with Crippen molar-refractivity contribution in [2.45, 2.75) is 20.8 Å². The smallest absolute Gasteiger partial charge is 0.166 e.